The predicted molar refractivity (Wildman–Crippen MR) is 104 cm³/mol. The molecule has 4 nitrogen and oxygen atoms in total. The van der Waals surface area contributed by atoms with Gasteiger partial charge in [0.25, 0.3) is 0 Å². The summed E-state index contributed by atoms with van der Waals surface area (Å²) in [7, 11) is -3.71. The van der Waals surface area contributed by atoms with Crippen molar-refractivity contribution in [3.05, 3.63) is 55.9 Å². The fourth-order valence-electron chi connectivity index (χ4n) is 1.70. The van der Waals surface area contributed by atoms with Crippen molar-refractivity contribution in [1.82, 2.24) is 0 Å². The van der Waals surface area contributed by atoms with Crippen molar-refractivity contribution in [2.24, 2.45) is 0 Å². The molecule has 0 heterocycles. The normalized spacial score (nSPS) is 11.1. The van der Waals surface area contributed by atoms with Gasteiger partial charge in [0, 0.05) is 15.2 Å². The van der Waals surface area contributed by atoms with Crippen LogP contribution in [0.2, 0.25) is 5.02 Å². The summed E-state index contributed by atoms with van der Waals surface area (Å²) >= 11 is 18.0. The van der Waals surface area contributed by atoms with Crippen LogP contribution in [0.4, 0.5) is 5.69 Å². The van der Waals surface area contributed by atoms with Gasteiger partial charge < -0.3 is 9.50 Å². The standard InChI is InChI=1S/C14H10Br2ClNO3S2/c1-23(19,20)21-13-11(6-9(17)7-12(13)16)14(22)18-10-4-2-8(15)3-5-10/h2-7H,1H3,(H,18,22). The van der Waals surface area contributed by atoms with Gasteiger partial charge in [0.15, 0.2) is 5.75 Å². The summed E-state index contributed by atoms with van der Waals surface area (Å²) in [5.41, 5.74) is 1.12. The van der Waals surface area contributed by atoms with Gasteiger partial charge in [-0.15, -0.1) is 0 Å². The Morgan fingerprint density at radius 1 is 1.22 bits per heavy atom. The molecule has 0 fully saturated rings. The summed E-state index contributed by atoms with van der Waals surface area (Å²) in [5.74, 6) is 0.0894. The molecule has 0 unspecified atom stereocenters. The third kappa shape index (κ3) is 5.42. The van der Waals surface area contributed by atoms with Crippen molar-refractivity contribution in [2.75, 3.05) is 11.6 Å². The largest absolute Gasteiger partial charge is 0.381 e. The second kappa shape index (κ2) is 7.48. The molecule has 0 saturated heterocycles. The molecule has 0 aliphatic rings. The molecule has 0 amide bonds. The topological polar surface area (TPSA) is 55.4 Å². The third-order valence-corrected chi connectivity index (χ3v) is 4.72. The Kier molecular flexibility index (Phi) is 6.07. The highest BCUT2D eigenvalue weighted by Gasteiger charge is 2.18. The molecule has 2 aromatic carbocycles. The van der Waals surface area contributed by atoms with E-state index in [-0.39, 0.29) is 10.7 Å². The van der Waals surface area contributed by atoms with Gasteiger partial charge in [-0.1, -0.05) is 39.7 Å². The first-order valence-electron chi connectivity index (χ1n) is 6.11. The Hall–Kier alpha value is -0.670. The van der Waals surface area contributed by atoms with Crippen LogP contribution in [0, 0.1) is 0 Å². The Bertz CT molecular complexity index is 855. The van der Waals surface area contributed by atoms with E-state index in [2.05, 4.69) is 37.2 Å². The number of anilines is 1. The lowest BCUT2D eigenvalue weighted by atomic mass is 10.2. The lowest BCUT2D eigenvalue weighted by molar-refractivity contribution is 0.491. The molecule has 0 spiro atoms. The van der Waals surface area contributed by atoms with Crippen LogP contribution >= 0.6 is 55.7 Å². The molecule has 0 atom stereocenters. The quantitative estimate of drug-likeness (QED) is 0.475. The highest BCUT2D eigenvalue weighted by molar-refractivity contribution is 9.10. The van der Waals surface area contributed by atoms with Crippen LogP contribution in [-0.4, -0.2) is 19.7 Å². The maximum atomic E-state index is 11.5. The Morgan fingerprint density at radius 2 is 1.83 bits per heavy atom. The van der Waals surface area contributed by atoms with E-state index in [1.807, 2.05) is 24.3 Å². The molecule has 0 aliphatic heterocycles. The van der Waals surface area contributed by atoms with Crippen LogP contribution in [0.15, 0.2) is 45.3 Å². The Labute approximate surface area is 161 Å². The fourth-order valence-corrected chi connectivity index (χ4v) is 3.71. The summed E-state index contributed by atoms with van der Waals surface area (Å²) < 4.78 is 29.3. The van der Waals surface area contributed by atoms with E-state index in [4.69, 9.17) is 28.0 Å². The molecule has 1 N–H and O–H groups in total. The number of halogens is 3. The van der Waals surface area contributed by atoms with Gasteiger partial charge in [0.05, 0.1) is 16.3 Å². The van der Waals surface area contributed by atoms with E-state index in [0.29, 0.717) is 15.1 Å². The number of benzene rings is 2. The molecule has 0 aliphatic carbocycles. The minimum absolute atomic E-state index is 0.0894. The molecule has 0 bridgehead atoms. The second-order valence-electron chi connectivity index (χ2n) is 4.51. The molecule has 23 heavy (non-hydrogen) atoms. The summed E-state index contributed by atoms with van der Waals surface area (Å²) in [6.07, 6.45) is 0.961. The average molecular weight is 500 g/mol. The zero-order valence-corrected chi connectivity index (χ0v) is 17.2. The number of hydrogen-bond acceptors (Lipinski definition) is 4. The fraction of sp³-hybridized carbons (Fsp3) is 0.0714. The smallest absolute Gasteiger partial charge is 0.306 e. The molecular formula is C14H10Br2ClNO3S2. The van der Waals surface area contributed by atoms with Gasteiger partial charge in [-0.2, -0.15) is 8.42 Å². The minimum atomic E-state index is -3.71. The lowest BCUT2D eigenvalue weighted by Crippen LogP contribution is -2.15. The second-order valence-corrected chi connectivity index (χ2v) is 8.70. The van der Waals surface area contributed by atoms with E-state index in [1.54, 1.807) is 6.07 Å². The average Bonchev–Trinajstić information content (AvgIpc) is 2.43. The monoisotopic (exact) mass is 497 g/mol. The molecule has 122 valence electrons. The van der Waals surface area contributed by atoms with E-state index < -0.39 is 10.1 Å². The van der Waals surface area contributed by atoms with Crippen LogP contribution in [0.25, 0.3) is 0 Å². The van der Waals surface area contributed by atoms with E-state index in [9.17, 15) is 8.42 Å². The number of hydrogen-bond donors (Lipinski definition) is 1. The number of thiocarbonyl (C=S) groups is 1. The van der Waals surface area contributed by atoms with Gasteiger partial charge in [-0.3, -0.25) is 0 Å². The van der Waals surface area contributed by atoms with Crippen molar-refractivity contribution < 1.29 is 12.6 Å². The Balaban J connectivity index is 2.40. The van der Waals surface area contributed by atoms with Crippen molar-refractivity contribution in [3.8, 4) is 5.75 Å². The summed E-state index contributed by atoms with van der Waals surface area (Å²) in [6.45, 7) is 0. The Morgan fingerprint density at radius 3 is 2.39 bits per heavy atom. The molecule has 0 aromatic heterocycles. The lowest BCUT2D eigenvalue weighted by Gasteiger charge is -2.14. The van der Waals surface area contributed by atoms with Gasteiger partial charge in [0.2, 0.25) is 0 Å². The highest BCUT2D eigenvalue weighted by atomic mass is 79.9. The van der Waals surface area contributed by atoms with E-state index in [1.165, 1.54) is 6.07 Å². The molecule has 2 aromatic rings. The van der Waals surface area contributed by atoms with Crippen molar-refractivity contribution >= 4 is 76.5 Å². The van der Waals surface area contributed by atoms with Gasteiger partial charge >= 0.3 is 10.1 Å². The number of rotatable bonds is 4. The summed E-state index contributed by atoms with van der Waals surface area (Å²) in [5, 5.41) is 3.42. The zero-order chi connectivity index (χ0) is 17.2. The first-order valence-corrected chi connectivity index (χ1v) is 10.3. The molecule has 0 saturated carbocycles. The van der Waals surface area contributed by atoms with Gasteiger partial charge in [-0.25, -0.2) is 0 Å². The molecule has 0 radical (unpaired) electrons. The van der Waals surface area contributed by atoms with Crippen LogP contribution in [0.3, 0.4) is 0 Å². The van der Waals surface area contributed by atoms with E-state index in [0.717, 1.165) is 16.4 Å². The molecule has 9 heteroatoms. The maximum absolute atomic E-state index is 11.5. The van der Waals surface area contributed by atoms with Crippen LogP contribution in [0.5, 0.6) is 5.75 Å². The first kappa shape index (κ1) is 18.7. The van der Waals surface area contributed by atoms with Gasteiger partial charge in [-0.05, 0) is 52.3 Å². The predicted octanol–water partition coefficient (Wildman–Crippen LogP) is 4.99. The summed E-state index contributed by atoms with van der Waals surface area (Å²) in [6, 6.07) is 10.4. The first-order chi connectivity index (χ1) is 10.7. The van der Waals surface area contributed by atoms with E-state index >= 15 is 0 Å². The van der Waals surface area contributed by atoms with Gasteiger partial charge in [0.1, 0.15) is 4.99 Å². The minimum Gasteiger partial charge on any atom is -0.381 e. The SMILES string of the molecule is CS(=O)(=O)Oc1c(Br)cc(Cl)cc1C(=S)Nc1ccc(Br)cc1. The van der Waals surface area contributed by atoms with Crippen LogP contribution in [0.1, 0.15) is 5.56 Å². The molecular weight excluding hydrogens is 490 g/mol. The van der Waals surface area contributed by atoms with Crippen LogP contribution in [-0.2, 0) is 10.1 Å². The highest BCUT2D eigenvalue weighted by Crippen LogP contribution is 2.34. The zero-order valence-electron chi connectivity index (χ0n) is 11.6. The maximum Gasteiger partial charge on any atom is 0.306 e. The molecule has 2 rings (SSSR count). The number of nitrogens with one attached hydrogen (secondary N) is 1. The third-order valence-electron chi connectivity index (χ3n) is 2.59. The van der Waals surface area contributed by atoms with Crippen molar-refractivity contribution in [2.45, 2.75) is 0 Å². The van der Waals surface area contributed by atoms with Crippen LogP contribution < -0.4 is 9.50 Å². The van der Waals surface area contributed by atoms with Crippen molar-refractivity contribution in [1.29, 1.82) is 0 Å². The van der Waals surface area contributed by atoms with Crippen molar-refractivity contribution in [3.63, 3.8) is 0 Å². The summed E-state index contributed by atoms with van der Waals surface area (Å²) in [4.78, 5) is 0.286.